The Labute approximate surface area is 91.6 Å². The Balaban J connectivity index is 4.14. The lowest BCUT2D eigenvalue weighted by atomic mass is 10.1. The van der Waals surface area contributed by atoms with Crippen LogP contribution in [-0.2, 0) is 4.74 Å². The number of ether oxygens (including phenoxy) is 1. The normalized spacial score (nSPS) is 16.5. The van der Waals surface area contributed by atoms with Gasteiger partial charge in [-0.1, -0.05) is 13.3 Å². The Bertz CT molecular complexity index is 192. The number of hydrogen-bond donors (Lipinski definition) is 2. The molecule has 0 bridgehead atoms. The van der Waals surface area contributed by atoms with Crippen molar-refractivity contribution in [3.8, 4) is 0 Å². The van der Waals surface area contributed by atoms with Crippen molar-refractivity contribution in [2.24, 2.45) is 5.73 Å². The molecule has 2 atom stereocenters. The summed E-state index contributed by atoms with van der Waals surface area (Å²) in [7, 11) is 0. The van der Waals surface area contributed by atoms with Gasteiger partial charge in [-0.3, -0.25) is 0 Å². The highest BCUT2D eigenvalue weighted by atomic mass is 19.3. The molecule has 0 aliphatic carbocycles. The molecule has 0 aliphatic rings. The first kappa shape index (κ1) is 15.6. The third-order valence-electron chi connectivity index (χ3n) is 2.09. The molecule has 0 saturated heterocycles. The zero-order chi connectivity index (χ0) is 12.8. The topological polar surface area (TPSA) is 55.5 Å². The molecule has 0 fully saturated rings. The van der Waals surface area contributed by atoms with E-state index >= 15 is 0 Å². The van der Waals surface area contributed by atoms with Crippen molar-refractivity contribution in [1.82, 2.24) is 0 Å². The minimum atomic E-state index is -4.21. The fourth-order valence-electron chi connectivity index (χ4n) is 1.11. The van der Waals surface area contributed by atoms with Crippen LogP contribution in [0.3, 0.4) is 0 Å². The van der Waals surface area contributed by atoms with E-state index in [9.17, 15) is 17.6 Å². The maximum atomic E-state index is 12.5. The van der Waals surface area contributed by atoms with E-state index in [0.29, 0.717) is 12.8 Å². The summed E-state index contributed by atoms with van der Waals surface area (Å²) in [6, 6.07) is -0.636. The fourth-order valence-corrected chi connectivity index (χ4v) is 1.11. The quantitative estimate of drug-likeness (QED) is 0.637. The standard InChI is InChI=1S/C9H17F4NO2/c1-2-3-6(14)7(4-15)16-5-9(12,13)8(10)11/h6-8,15H,2-5,14H2,1H3. The van der Waals surface area contributed by atoms with Crippen molar-refractivity contribution < 1.29 is 27.4 Å². The monoisotopic (exact) mass is 247 g/mol. The molecule has 16 heavy (non-hydrogen) atoms. The predicted molar refractivity (Wildman–Crippen MR) is 50.7 cm³/mol. The van der Waals surface area contributed by atoms with Gasteiger partial charge in [-0.05, 0) is 6.42 Å². The first-order valence-electron chi connectivity index (χ1n) is 4.99. The number of halogens is 4. The van der Waals surface area contributed by atoms with Crippen LogP contribution in [0.1, 0.15) is 19.8 Å². The average Bonchev–Trinajstić information content (AvgIpc) is 2.18. The van der Waals surface area contributed by atoms with Crippen molar-refractivity contribution in [3.05, 3.63) is 0 Å². The second-order valence-corrected chi connectivity index (χ2v) is 3.55. The van der Waals surface area contributed by atoms with Crippen molar-refractivity contribution in [2.75, 3.05) is 13.2 Å². The molecule has 2 unspecified atom stereocenters. The van der Waals surface area contributed by atoms with Crippen molar-refractivity contribution >= 4 is 0 Å². The lowest BCUT2D eigenvalue weighted by molar-refractivity contribution is -0.181. The van der Waals surface area contributed by atoms with Gasteiger partial charge in [0.2, 0.25) is 0 Å². The van der Waals surface area contributed by atoms with E-state index < -0.39 is 37.7 Å². The van der Waals surface area contributed by atoms with Crippen molar-refractivity contribution in [1.29, 1.82) is 0 Å². The fraction of sp³-hybridized carbons (Fsp3) is 1.00. The number of aliphatic hydroxyl groups excluding tert-OH is 1. The largest absolute Gasteiger partial charge is 0.394 e. The molecular weight excluding hydrogens is 230 g/mol. The predicted octanol–water partition coefficient (Wildman–Crippen LogP) is 1.39. The van der Waals surface area contributed by atoms with Crippen LogP contribution in [0.15, 0.2) is 0 Å². The molecule has 3 nitrogen and oxygen atoms in total. The molecule has 0 aliphatic heterocycles. The van der Waals surface area contributed by atoms with Crippen LogP contribution < -0.4 is 5.73 Å². The van der Waals surface area contributed by atoms with Gasteiger partial charge in [0.15, 0.2) is 0 Å². The number of nitrogens with two attached hydrogens (primary N) is 1. The maximum Gasteiger partial charge on any atom is 0.330 e. The molecule has 0 saturated carbocycles. The van der Waals surface area contributed by atoms with Crippen LogP contribution in [0.5, 0.6) is 0 Å². The van der Waals surface area contributed by atoms with E-state index in [1.165, 1.54) is 0 Å². The van der Waals surface area contributed by atoms with Gasteiger partial charge in [0.1, 0.15) is 6.61 Å². The number of alkyl halides is 4. The summed E-state index contributed by atoms with van der Waals surface area (Å²) < 4.78 is 53.1. The van der Waals surface area contributed by atoms with Gasteiger partial charge in [0, 0.05) is 6.04 Å². The summed E-state index contributed by atoms with van der Waals surface area (Å²) in [6.45, 7) is -0.185. The summed E-state index contributed by atoms with van der Waals surface area (Å²) in [5, 5.41) is 8.82. The molecule has 7 heteroatoms. The first-order chi connectivity index (χ1) is 7.35. The smallest absolute Gasteiger partial charge is 0.330 e. The lowest BCUT2D eigenvalue weighted by Gasteiger charge is -2.24. The highest BCUT2D eigenvalue weighted by Crippen LogP contribution is 2.23. The number of hydrogen-bond acceptors (Lipinski definition) is 3. The van der Waals surface area contributed by atoms with Crippen molar-refractivity contribution in [3.63, 3.8) is 0 Å². The zero-order valence-corrected chi connectivity index (χ0v) is 9.01. The Morgan fingerprint density at radius 3 is 2.31 bits per heavy atom. The molecule has 0 aromatic carbocycles. The van der Waals surface area contributed by atoms with Gasteiger partial charge in [-0.2, -0.15) is 8.78 Å². The molecule has 3 N–H and O–H groups in total. The second-order valence-electron chi connectivity index (χ2n) is 3.55. The zero-order valence-electron chi connectivity index (χ0n) is 9.01. The van der Waals surface area contributed by atoms with E-state index in [0.717, 1.165) is 0 Å². The molecule has 0 aromatic rings. The molecule has 98 valence electrons. The van der Waals surface area contributed by atoms with Gasteiger partial charge >= 0.3 is 12.3 Å². The van der Waals surface area contributed by atoms with E-state index in [1.54, 1.807) is 0 Å². The van der Waals surface area contributed by atoms with E-state index in [4.69, 9.17) is 10.8 Å². The van der Waals surface area contributed by atoms with Gasteiger partial charge < -0.3 is 15.6 Å². The SMILES string of the molecule is CCCC(N)C(CO)OCC(F)(F)C(F)F. The highest BCUT2D eigenvalue weighted by Gasteiger charge is 2.41. The van der Waals surface area contributed by atoms with Gasteiger partial charge in [-0.25, -0.2) is 8.78 Å². The van der Waals surface area contributed by atoms with Crippen LogP contribution in [0.25, 0.3) is 0 Å². The van der Waals surface area contributed by atoms with E-state index in [2.05, 4.69) is 4.74 Å². The highest BCUT2D eigenvalue weighted by molar-refractivity contribution is 4.75. The third-order valence-corrected chi connectivity index (χ3v) is 2.09. The van der Waals surface area contributed by atoms with Crippen LogP contribution in [-0.4, -0.2) is 42.8 Å². The maximum absolute atomic E-state index is 12.5. The molecule has 0 spiro atoms. The summed E-state index contributed by atoms with van der Waals surface area (Å²) in [6.07, 6.45) is -3.67. The summed E-state index contributed by atoms with van der Waals surface area (Å²) >= 11 is 0. The van der Waals surface area contributed by atoms with Gasteiger partial charge in [0.05, 0.1) is 12.7 Å². The Kier molecular flexibility index (Phi) is 6.85. The Hall–Kier alpha value is -0.400. The average molecular weight is 247 g/mol. The molecular formula is C9H17F4NO2. The lowest BCUT2D eigenvalue weighted by Crippen LogP contribution is -2.43. The third kappa shape index (κ3) is 5.09. The summed E-state index contributed by atoms with van der Waals surface area (Å²) in [5.41, 5.74) is 5.53. The molecule has 0 heterocycles. The molecule has 0 radical (unpaired) electrons. The Morgan fingerprint density at radius 2 is 1.94 bits per heavy atom. The van der Waals surface area contributed by atoms with Crippen LogP contribution in [0, 0.1) is 0 Å². The van der Waals surface area contributed by atoms with E-state index in [1.807, 2.05) is 6.92 Å². The van der Waals surface area contributed by atoms with Crippen molar-refractivity contribution in [2.45, 2.75) is 44.3 Å². The number of aliphatic hydroxyl groups is 1. The molecule has 0 amide bonds. The Morgan fingerprint density at radius 1 is 1.38 bits per heavy atom. The van der Waals surface area contributed by atoms with Crippen LogP contribution >= 0.6 is 0 Å². The first-order valence-corrected chi connectivity index (χ1v) is 4.99. The molecule has 0 aromatic heterocycles. The minimum Gasteiger partial charge on any atom is -0.394 e. The molecule has 0 rings (SSSR count). The van der Waals surface area contributed by atoms with Crippen LogP contribution in [0.2, 0.25) is 0 Å². The summed E-state index contributed by atoms with van der Waals surface area (Å²) in [4.78, 5) is 0. The second kappa shape index (κ2) is 7.03. The summed E-state index contributed by atoms with van der Waals surface area (Å²) in [5.74, 6) is -4.21. The number of rotatable bonds is 8. The van der Waals surface area contributed by atoms with Gasteiger partial charge in [-0.15, -0.1) is 0 Å². The van der Waals surface area contributed by atoms with Crippen LogP contribution in [0.4, 0.5) is 17.6 Å². The minimum absolute atomic E-state index is 0.464. The van der Waals surface area contributed by atoms with E-state index in [-0.39, 0.29) is 0 Å². The van der Waals surface area contributed by atoms with Gasteiger partial charge in [0.25, 0.3) is 0 Å².